The van der Waals surface area contributed by atoms with Crippen LogP contribution in [0.2, 0.25) is 0 Å². The van der Waals surface area contributed by atoms with Gasteiger partial charge in [-0.25, -0.2) is 9.87 Å². The van der Waals surface area contributed by atoms with Crippen LogP contribution in [-0.4, -0.2) is 18.1 Å². The molecule has 104 valence electrons. The number of carbonyl (C=O) groups excluding carboxylic acids is 1. The second kappa shape index (κ2) is 6.52. The quantitative estimate of drug-likeness (QED) is 0.834. The Hall–Kier alpha value is -1.62. The maximum atomic E-state index is 12.7. The van der Waals surface area contributed by atoms with Gasteiger partial charge in [-0.15, -0.1) is 0 Å². The molecule has 1 aliphatic carbocycles. The van der Waals surface area contributed by atoms with Crippen molar-refractivity contribution < 1.29 is 18.8 Å². The normalized spacial score (nSPS) is 17.2. The van der Waals surface area contributed by atoms with Gasteiger partial charge >= 0.3 is 0 Å². The molecule has 1 aromatic carbocycles. The molecule has 1 N–H and O–H groups in total. The van der Waals surface area contributed by atoms with Crippen molar-refractivity contribution in [1.29, 1.82) is 0 Å². The van der Waals surface area contributed by atoms with Crippen molar-refractivity contribution in [3.8, 4) is 5.75 Å². The van der Waals surface area contributed by atoms with Gasteiger partial charge < -0.3 is 4.74 Å². The fourth-order valence-electron chi connectivity index (χ4n) is 2.00. The zero-order chi connectivity index (χ0) is 13.7. The molecule has 1 aliphatic rings. The largest absolute Gasteiger partial charge is 0.481 e. The molecule has 19 heavy (non-hydrogen) atoms. The van der Waals surface area contributed by atoms with Gasteiger partial charge in [-0.1, -0.05) is 12.8 Å². The number of nitrogens with one attached hydrogen (secondary N) is 1. The lowest BCUT2D eigenvalue weighted by Gasteiger charge is -2.16. The summed E-state index contributed by atoms with van der Waals surface area (Å²) in [5, 5.41) is 0. The SMILES string of the molecule is CC(Oc1ccc(F)cc1)C(=O)NOC1CCCC1. The molecule has 1 fully saturated rings. The van der Waals surface area contributed by atoms with Crippen LogP contribution >= 0.6 is 0 Å². The van der Waals surface area contributed by atoms with E-state index in [2.05, 4.69) is 5.48 Å². The summed E-state index contributed by atoms with van der Waals surface area (Å²) in [6, 6.07) is 5.54. The van der Waals surface area contributed by atoms with Gasteiger partial charge in [-0.05, 0) is 44.0 Å². The van der Waals surface area contributed by atoms with Crippen LogP contribution < -0.4 is 10.2 Å². The van der Waals surface area contributed by atoms with E-state index in [1.165, 1.54) is 24.3 Å². The van der Waals surface area contributed by atoms with Crippen molar-refractivity contribution in [3.05, 3.63) is 30.1 Å². The Morgan fingerprint density at radius 2 is 1.95 bits per heavy atom. The van der Waals surface area contributed by atoms with Crippen LogP contribution in [0.15, 0.2) is 24.3 Å². The fraction of sp³-hybridized carbons (Fsp3) is 0.500. The summed E-state index contributed by atoms with van der Waals surface area (Å²) >= 11 is 0. The van der Waals surface area contributed by atoms with E-state index < -0.39 is 6.10 Å². The molecule has 0 radical (unpaired) electrons. The van der Waals surface area contributed by atoms with E-state index in [-0.39, 0.29) is 17.8 Å². The predicted octanol–water partition coefficient (Wildman–Crippen LogP) is 2.58. The average molecular weight is 267 g/mol. The Balaban J connectivity index is 1.76. The minimum atomic E-state index is -0.688. The molecule has 2 rings (SSSR count). The van der Waals surface area contributed by atoms with E-state index in [1.54, 1.807) is 6.92 Å². The lowest BCUT2D eigenvalue weighted by Crippen LogP contribution is -2.38. The number of hydrogen-bond acceptors (Lipinski definition) is 3. The number of hydrogen-bond donors (Lipinski definition) is 1. The fourth-order valence-corrected chi connectivity index (χ4v) is 2.00. The van der Waals surface area contributed by atoms with Crippen molar-refractivity contribution in [1.82, 2.24) is 5.48 Å². The van der Waals surface area contributed by atoms with E-state index in [1.807, 2.05) is 0 Å². The Morgan fingerprint density at radius 1 is 1.32 bits per heavy atom. The average Bonchev–Trinajstić information content (AvgIpc) is 2.91. The standard InChI is InChI=1S/C14H18FNO3/c1-10(18-12-8-6-11(15)7-9-12)14(17)16-19-13-4-2-3-5-13/h6-10,13H,2-5H2,1H3,(H,16,17). The third-order valence-corrected chi connectivity index (χ3v) is 3.12. The molecule has 0 saturated heterocycles. The van der Waals surface area contributed by atoms with E-state index >= 15 is 0 Å². The van der Waals surface area contributed by atoms with Gasteiger partial charge in [0, 0.05) is 0 Å². The molecule has 1 amide bonds. The lowest BCUT2D eigenvalue weighted by molar-refractivity contribution is -0.144. The van der Waals surface area contributed by atoms with Crippen LogP contribution in [-0.2, 0) is 9.63 Å². The van der Waals surface area contributed by atoms with Gasteiger partial charge in [0.15, 0.2) is 6.10 Å². The van der Waals surface area contributed by atoms with Crippen molar-refractivity contribution in [3.63, 3.8) is 0 Å². The van der Waals surface area contributed by atoms with Gasteiger partial charge in [0.2, 0.25) is 0 Å². The molecule has 1 atom stereocenters. The Kier molecular flexibility index (Phi) is 4.74. The highest BCUT2D eigenvalue weighted by Gasteiger charge is 2.20. The Labute approximate surface area is 111 Å². The number of amides is 1. The minimum absolute atomic E-state index is 0.113. The monoisotopic (exact) mass is 267 g/mol. The molecule has 0 aromatic heterocycles. The number of rotatable bonds is 5. The van der Waals surface area contributed by atoms with Crippen LogP contribution in [0.5, 0.6) is 5.75 Å². The first kappa shape index (κ1) is 13.8. The first-order chi connectivity index (χ1) is 9.15. The summed E-state index contributed by atoms with van der Waals surface area (Å²) in [4.78, 5) is 17.0. The molecule has 5 heteroatoms. The van der Waals surface area contributed by atoms with Gasteiger partial charge in [-0.2, -0.15) is 0 Å². The number of carbonyl (C=O) groups is 1. The zero-order valence-corrected chi connectivity index (χ0v) is 10.9. The van der Waals surface area contributed by atoms with Crippen LogP contribution in [0.25, 0.3) is 0 Å². The number of hydroxylamine groups is 1. The highest BCUT2D eigenvalue weighted by atomic mass is 19.1. The van der Waals surface area contributed by atoms with Gasteiger partial charge in [0.25, 0.3) is 5.91 Å². The summed E-state index contributed by atoms with van der Waals surface area (Å²) in [6.45, 7) is 1.62. The molecule has 0 spiro atoms. The first-order valence-electron chi connectivity index (χ1n) is 6.53. The molecule has 4 nitrogen and oxygen atoms in total. The second-order valence-corrected chi connectivity index (χ2v) is 4.70. The van der Waals surface area contributed by atoms with Crippen molar-refractivity contribution in [2.45, 2.75) is 44.8 Å². The summed E-state index contributed by atoms with van der Waals surface area (Å²) in [5.74, 6) is -0.227. The van der Waals surface area contributed by atoms with E-state index in [0.717, 1.165) is 25.7 Å². The molecule has 1 unspecified atom stereocenters. The van der Waals surface area contributed by atoms with Gasteiger partial charge in [-0.3, -0.25) is 9.63 Å². The van der Waals surface area contributed by atoms with Gasteiger partial charge in [0.05, 0.1) is 6.10 Å². The summed E-state index contributed by atoms with van der Waals surface area (Å²) in [5.41, 5.74) is 2.42. The van der Waals surface area contributed by atoms with Crippen LogP contribution in [0.4, 0.5) is 4.39 Å². The zero-order valence-electron chi connectivity index (χ0n) is 10.9. The number of ether oxygens (including phenoxy) is 1. The second-order valence-electron chi connectivity index (χ2n) is 4.70. The summed E-state index contributed by atoms with van der Waals surface area (Å²) in [7, 11) is 0. The van der Waals surface area contributed by atoms with Crippen molar-refractivity contribution in [2.75, 3.05) is 0 Å². The van der Waals surface area contributed by atoms with Crippen molar-refractivity contribution >= 4 is 5.91 Å². The minimum Gasteiger partial charge on any atom is -0.481 e. The maximum Gasteiger partial charge on any atom is 0.284 e. The van der Waals surface area contributed by atoms with Crippen LogP contribution in [0, 0.1) is 5.82 Å². The molecule has 0 heterocycles. The highest BCUT2D eigenvalue weighted by Crippen LogP contribution is 2.20. The van der Waals surface area contributed by atoms with E-state index in [4.69, 9.17) is 9.57 Å². The Bertz CT molecular complexity index is 415. The van der Waals surface area contributed by atoms with Crippen molar-refractivity contribution in [2.24, 2.45) is 0 Å². The molecule has 1 aromatic rings. The Morgan fingerprint density at radius 3 is 2.58 bits per heavy atom. The number of halogens is 1. The summed E-state index contributed by atoms with van der Waals surface area (Å²) < 4.78 is 18.1. The smallest absolute Gasteiger partial charge is 0.284 e. The molecular formula is C14H18FNO3. The topological polar surface area (TPSA) is 47.6 Å². The third-order valence-electron chi connectivity index (χ3n) is 3.12. The van der Waals surface area contributed by atoms with Gasteiger partial charge in [0.1, 0.15) is 11.6 Å². The van der Waals surface area contributed by atoms with E-state index in [0.29, 0.717) is 5.75 Å². The predicted molar refractivity (Wildman–Crippen MR) is 68.0 cm³/mol. The number of benzene rings is 1. The van der Waals surface area contributed by atoms with Crippen LogP contribution in [0.1, 0.15) is 32.6 Å². The maximum absolute atomic E-state index is 12.7. The molecular weight excluding hydrogens is 249 g/mol. The van der Waals surface area contributed by atoms with E-state index in [9.17, 15) is 9.18 Å². The van der Waals surface area contributed by atoms with Crippen LogP contribution in [0.3, 0.4) is 0 Å². The molecule has 0 bridgehead atoms. The summed E-state index contributed by atoms with van der Waals surface area (Å²) in [6.07, 6.45) is 3.67. The molecule has 1 saturated carbocycles. The lowest BCUT2D eigenvalue weighted by atomic mass is 10.3. The first-order valence-corrected chi connectivity index (χ1v) is 6.53. The third kappa shape index (κ3) is 4.21. The molecule has 0 aliphatic heterocycles. The highest BCUT2D eigenvalue weighted by molar-refractivity contribution is 5.79.